The molecule has 4 bridgehead atoms. The SMILES string of the molecule is CC(C)=CCc1c2c(c(O)c3c1O[C@]14C(=C[C@@H]5CC1C(C)(C)OC4(CC=C(C)C=O)C5=O)C3=O)C=CC(C)(C)O2. The highest BCUT2D eigenvalue weighted by Crippen LogP contribution is 2.68. The summed E-state index contributed by atoms with van der Waals surface area (Å²) in [6.45, 7) is 13.4. The quantitative estimate of drug-likeness (QED) is 0.292. The maximum absolute atomic E-state index is 14.5. The van der Waals surface area contributed by atoms with Crippen LogP contribution in [0.25, 0.3) is 6.08 Å². The van der Waals surface area contributed by atoms with Crippen LogP contribution in [0.15, 0.2) is 41.0 Å². The summed E-state index contributed by atoms with van der Waals surface area (Å²) in [4.78, 5) is 40.1. The van der Waals surface area contributed by atoms with E-state index in [2.05, 4.69) is 0 Å². The van der Waals surface area contributed by atoms with E-state index < -0.39 is 28.3 Å². The van der Waals surface area contributed by atoms with Crippen LogP contribution in [0.5, 0.6) is 17.2 Å². The monoisotopic (exact) mass is 544 g/mol. The molecule has 3 aliphatic carbocycles. The van der Waals surface area contributed by atoms with Gasteiger partial charge in [0.2, 0.25) is 0 Å². The van der Waals surface area contributed by atoms with Gasteiger partial charge >= 0.3 is 0 Å². The number of phenols is 1. The molecule has 1 saturated heterocycles. The molecule has 1 aromatic carbocycles. The molecule has 1 N–H and O–H groups in total. The van der Waals surface area contributed by atoms with Gasteiger partial charge in [0.25, 0.3) is 0 Å². The van der Waals surface area contributed by atoms with Crippen LogP contribution in [0.4, 0.5) is 0 Å². The normalized spacial score (nSPS) is 31.9. The first-order valence-electron chi connectivity index (χ1n) is 13.9. The Balaban J connectivity index is 1.67. The molecule has 40 heavy (non-hydrogen) atoms. The molecule has 3 heterocycles. The first kappa shape index (κ1) is 26.8. The number of carbonyl (C=O) groups excluding carboxylic acids is 3. The van der Waals surface area contributed by atoms with E-state index in [9.17, 15) is 19.5 Å². The van der Waals surface area contributed by atoms with Crippen molar-refractivity contribution in [3.8, 4) is 17.2 Å². The summed E-state index contributed by atoms with van der Waals surface area (Å²) in [6, 6.07) is 0. The van der Waals surface area contributed by atoms with Gasteiger partial charge in [0.1, 0.15) is 34.7 Å². The number of hydrogen-bond acceptors (Lipinski definition) is 7. The van der Waals surface area contributed by atoms with Crippen molar-refractivity contribution in [1.82, 2.24) is 0 Å². The number of fused-ring (bicyclic) bond motifs is 2. The van der Waals surface area contributed by atoms with Crippen molar-refractivity contribution in [2.75, 3.05) is 0 Å². The minimum absolute atomic E-state index is 0.0905. The van der Waals surface area contributed by atoms with Crippen molar-refractivity contribution in [2.45, 2.75) is 90.1 Å². The van der Waals surface area contributed by atoms with Crippen molar-refractivity contribution in [3.05, 3.63) is 57.7 Å². The highest BCUT2D eigenvalue weighted by atomic mass is 16.6. The molecule has 210 valence electrons. The van der Waals surface area contributed by atoms with E-state index in [0.717, 1.165) is 11.9 Å². The zero-order valence-corrected chi connectivity index (χ0v) is 24.1. The second-order valence-electron chi connectivity index (χ2n) is 13.1. The van der Waals surface area contributed by atoms with E-state index in [1.165, 1.54) is 0 Å². The number of ether oxygens (including phenoxy) is 3. The Labute approximate surface area is 234 Å². The summed E-state index contributed by atoms with van der Waals surface area (Å²) in [7, 11) is 0. The van der Waals surface area contributed by atoms with E-state index in [-0.39, 0.29) is 41.0 Å². The standard InChI is InChI=1S/C33H36O7/c1-17(2)8-9-21-27-20(11-12-30(4,5)38-27)25(35)24-26(36)22-14-19-15-23-31(6,7)40-32(29(19)37,13-10-18(3)16-34)33(22,23)39-28(21)24/h8,10-12,14,16,19,23,35H,9,13,15H2,1-7H3/t19-,23?,32?,33-/m1/s1. The van der Waals surface area contributed by atoms with Gasteiger partial charge in [-0.25, -0.2) is 0 Å². The molecule has 7 rings (SSSR count). The average Bonchev–Trinajstić information content (AvgIpc) is 3.03. The minimum Gasteiger partial charge on any atom is -0.506 e. The Kier molecular flexibility index (Phi) is 5.54. The van der Waals surface area contributed by atoms with Crippen molar-refractivity contribution in [1.29, 1.82) is 0 Å². The number of phenolic OH excluding ortho intramolecular Hbond substituents is 1. The largest absolute Gasteiger partial charge is 0.506 e. The van der Waals surface area contributed by atoms with Crippen molar-refractivity contribution >= 4 is 23.9 Å². The smallest absolute Gasteiger partial charge is 0.200 e. The van der Waals surface area contributed by atoms with Crippen LogP contribution in [0.1, 0.15) is 82.8 Å². The highest BCUT2D eigenvalue weighted by Gasteiger charge is 2.81. The summed E-state index contributed by atoms with van der Waals surface area (Å²) in [5, 5.41) is 11.5. The molecule has 1 spiro atoms. The third-order valence-corrected chi connectivity index (χ3v) is 9.23. The molecule has 1 saturated carbocycles. The number of carbonyl (C=O) groups is 3. The van der Waals surface area contributed by atoms with Gasteiger partial charge in [-0.15, -0.1) is 0 Å². The highest BCUT2D eigenvalue weighted by molar-refractivity contribution is 6.19. The van der Waals surface area contributed by atoms with Crippen molar-refractivity contribution in [2.24, 2.45) is 11.8 Å². The van der Waals surface area contributed by atoms with Gasteiger partial charge in [-0.1, -0.05) is 23.8 Å². The van der Waals surface area contributed by atoms with E-state index in [4.69, 9.17) is 14.2 Å². The number of aldehydes is 1. The lowest BCUT2D eigenvalue weighted by atomic mass is 9.51. The zero-order chi connectivity index (χ0) is 29.0. The lowest BCUT2D eigenvalue weighted by Gasteiger charge is -2.56. The van der Waals surface area contributed by atoms with Crippen LogP contribution in [0.3, 0.4) is 0 Å². The van der Waals surface area contributed by atoms with Crippen LogP contribution in [0, 0.1) is 11.8 Å². The molecular formula is C33H36O7. The second-order valence-corrected chi connectivity index (χ2v) is 13.1. The van der Waals surface area contributed by atoms with Crippen molar-refractivity contribution < 1.29 is 33.7 Å². The molecule has 3 aliphatic heterocycles. The first-order valence-corrected chi connectivity index (χ1v) is 13.9. The fourth-order valence-corrected chi connectivity index (χ4v) is 7.41. The van der Waals surface area contributed by atoms with Crippen LogP contribution < -0.4 is 9.47 Å². The predicted octanol–water partition coefficient (Wildman–Crippen LogP) is 5.63. The van der Waals surface area contributed by atoms with E-state index >= 15 is 0 Å². The zero-order valence-electron chi connectivity index (χ0n) is 24.1. The molecule has 6 aliphatic rings. The maximum Gasteiger partial charge on any atom is 0.200 e. The third-order valence-electron chi connectivity index (χ3n) is 9.23. The number of ketones is 2. The number of allylic oxidation sites excluding steroid dienone is 4. The van der Waals surface area contributed by atoms with Gasteiger partial charge in [-0.2, -0.15) is 0 Å². The van der Waals surface area contributed by atoms with Crippen LogP contribution >= 0.6 is 0 Å². The Hall–Kier alpha value is -3.45. The molecular weight excluding hydrogens is 508 g/mol. The van der Waals surface area contributed by atoms with E-state index in [1.54, 1.807) is 25.2 Å². The number of benzene rings is 1. The molecule has 2 fully saturated rings. The minimum atomic E-state index is -1.49. The summed E-state index contributed by atoms with van der Waals surface area (Å²) in [6.07, 6.45) is 10.8. The Bertz CT molecular complexity index is 1510. The predicted molar refractivity (Wildman–Crippen MR) is 150 cm³/mol. The molecule has 0 aromatic heterocycles. The molecule has 1 aromatic rings. The van der Waals surface area contributed by atoms with Gasteiger partial charge in [-0.3, -0.25) is 14.4 Å². The molecule has 2 unspecified atom stereocenters. The number of Topliss-reactive ketones (excluding diaryl/α,β-unsaturated/α-hetero) is 2. The Morgan fingerprint density at radius 3 is 2.48 bits per heavy atom. The molecule has 0 amide bonds. The lowest BCUT2D eigenvalue weighted by Crippen LogP contribution is -2.72. The Morgan fingerprint density at radius 2 is 1.80 bits per heavy atom. The lowest BCUT2D eigenvalue weighted by molar-refractivity contribution is -0.171. The summed E-state index contributed by atoms with van der Waals surface area (Å²) in [5.41, 5.74) is -1.26. The molecule has 7 nitrogen and oxygen atoms in total. The first-order chi connectivity index (χ1) is 18.7. The van der Waals surface area contributed by atoms with E-state index in [0.29, 0.717) is 40.9 Å². The second kappa shape index (κ2) is 8.29. The third kappa shape index (κ3) is 3.30. The Morgan fingerprint density at radius 1 is 1.07 bits per heavy atom. The number of rotatable bonds is 5. The fourth-order valence-electron chi connectivity index (χ4n) is 7.41. The molecule has 0 radical (unpaired) electrons. The van der Waals surface area contributed by atoms with Crippen molar-refractivity contribution in [3.63, 3.8) is 0 Å². The van der Waals surface area contributed by atoms with Crippen LogP contribution in [-0.4, -0.2) is 45.4 Å². The van der Waals surface area contributed by atoms with Crippen LogP contribution in [0.2, 0.25) is 0 Å². The topological polar surface area (TPSA) is 99.1 Å². The summed E-state index contributed by atoms with van der Waals surface area (Å²) >= 11 is 0. The van der Waals surface area contributed by atoms with E-state index in [1.807, 2.05) is 53.7 Å². The molecule has 7 heteroatoms. The summed E-state index contributed by atoms with van der Waals surface area (Å²) in [5.74, 6) is -0.814. The molecule has 4 atom stereocenters. The number of aromatic hydroxyl groups is 1. The van der Waals surface area contributed by atoms with Crippen LogP contribution in [-0.2, 0) is 20.7 Å². The van der Waals surface area contributed by atoms with Gasteiger partial charge in [-0.05, 0) is 79.0 Å². The maximum atomic E-state index is 14.5. The van der Waals surface area contributed by atoms with Gasteiger partial charge in [0.05, 0.1) is 11.2 Å². The van der Waals surface area contributed by atoms with Gasteiger partial charge < -0.3 is 19.3 Å². The summed E-state index contributed by atoms with van der Waals surface area (Å²) < 4.78 is 20.2. The average molecular weight is 545 g/mol. The fraction of sp³-hybridized carbons (Fsp3) is 0.485. The van der Waals surface area contributed by atoms with Gasteiger partial charge in [0.15, 0.2) is 22.8 Å². The van der Waals surface area contributed by atoms with Gasteiger partial charge in [0, 0.05) is 29.4 Å². The number of hydrogen-bond donors (Lipinski definition) is 1.